The molecule has 0 aliphatic heterocycles. The van der Waals surface area contributed by atoms with Gasteiger partial charge in [0.05, 0.1) is 6.20 Å². The highest BCUT2D eigenvalue weighted by Crippen LogP contribution is 2.23. The van der Waals surface area contributed by atoms with Crippen LogP contribution < -0.4 is 16.4 Å². The van der Waals surface area contributed by atoms with Crippen molar-refractivity contribution in [1.82, 2.24) is 14.3 Å². The highest BCUT2D eigenvalue weighted by Gasteiger charge is 2.21. The van der Waals surface area contributed by atoms with Crippen LogP contribution in [-0.4, -0.2) is 26.3 Å². The number of carbonyl (C=O) groups excluding carboxylic acids is 2. The molecule has 0 unspecified atom stereocenters. The number of urea groups is 1. The van der Waals surface area contributed by atoms with Crippen molar-refractivity contribution in [1.29, 1.82) is 0 Å². The Kier molecular flexibility index (Phi) is 5.00. The number of halogens is 1. The third-order valence-corrected chi connectivity index (χ3v) is 4.33. The van der Waals surface area contributed by atoms with Gasteiger partial charge in [0, 0.05) is 23.8 Å². The van der Waals surface area contributed by atoms with Crippen LogP contribution in [0, 0.1) is 5.82 Å². The van der Waals surface area contributed by atoms with Gasteiger partial charge in [-0.1, -0.05) is 12.1 Å². The molecule has 2 aromatic heterocycles. The van der Waals surface area contributed by atoms with Crippen LogP contribution in [0.15, 0.2) is 79.3 Å². The van der Waals surface area contributed by atoms with Crippen molar-refractivity contribution < 1.29 is 14.0 Å². The number of aromatic nitrogens is 3. The van der Waals surface area contributed by atoms with E-state index in [0.29, 0.717) is 17.2 Å². The number of hydrogen-bond donors (Lipinski definition) is 3. The molecule has 0 saturated carbocycles. The summed E-state index contributed by atoms with van der Waals surface area (Å²) in [6.07, 6.45) is 4.88. The third kappa shape index (κ3) is 3.76. The van der Waals surface area contributed by atoms with E-state index in [4.69, 9.17) is 5.73 Å². The van der Waals surface area contributed by atoms with Crippen molar-refractivity contribution in [3.8, 4) is 11.5 Å². The maximum atomic E-state index is 14.4. The van der Waals surface area contributed by atoms with Crippen LogP contribution in [0.3, 0.4) is 0 Å². The van der Waals surface area contributed by atoms with Crippen LogP contribution in [0.2, 0.25) is 0 Å². The van der Waals surface area contributed by atoms with Crippen LogP contribution in [-0.2, 0) is 0 Å². The van der Waals surface area contributed by atoms with E-state index in [1.807, 2.05) is 0 Å². The molecule has 0 spiro atoms. The summed E-state index contributed by atoms with van der Waals surface area (Å²) in [5, 5.41) is 9.47. The first-order chi connectivity index (χ1) is 14.5. The van der Waals surface area contributed by atoms with Crippen LogP contribution in [0.4, 0.5) is 20.6 Å². The molecule has 4 N–H and O–H groups in total. The zero-order valence-electron chi connectivity index (χ0n) is 15.6. The molecule has 2 aromatic carbocycles. The van der Waals surface area contributed by atoms with Gasteiger partial charge in [0.1, 0.15) is 17.1 Å². The topological polar surface area (TPSA) is 107 Å². The number of anilines is 2. The maximum Gasteiger partial charge on any atom is 0.316 e. The number of carbonyl (C=O) groups is 2. The molecule has 0 aliphatic carbocycles. The van der Waals surface area contributed by atoms with Gasteiger partial charge in [-0.05, 0) is 48.5 Å². The molecule has 0 radical (unpaired) electrons. The SMILES string of the molecule is NC(=O)Nc1ccc(NC(=O)c2cnn(-c3ccccc3F)c2-n2cccc2)cc1. The van der Waals surface area contributed by atoms with Crippen molar-refractivity contribution in [2.45, 2.75) is 0 Å². The Morgan fingerprint density at radius 2 is 1.53 bits per heavy atom. The number of para-hydroxylation sites is 1. The summed E-state index contributed by atoms with van der Waals surface area (Å²) >= 11 is 0. The molecule has 9 heteroatoms. The van der Waals surface area contributed by atoms with Gasteiger partial charge in [-0.2, -0.15) is 5.10 Å². The number of nitrogens with zero attached hydrogens (tertiary/aromatic N) is 3. The molecule has 0 atom stereocenters. The number of hydrogen-bond acceptors (Lipinski definition) is 3. The van der Waals surface area contributed by atoms with Gasteiger partial charge >= 0.3 is 6.03 Å². The molecular formula is C21H17FN6O2. The summed E-state index contributed by atoms with van der Waals surface area (Å²) in [6.45, 7) is 0. The summed E-state index contributed by atoms with van der Waals surface area (Å²) in [7, 11) is 0. The smallest absolute Gasteiger partial charge is 0.316 e. The second kappa shape index (κ2) is 7.92. The molecule has 30 heavy (non-hydrogen) atoms. The predicted molar refractivity (Wildman–Crippen MR) is 110 cm³/mol. The fourth-order valence-corrected chi connectivity index (χ4v) is 3.00. The predicted octanol–water partition coefficient (Wildman–Crippen LogP) is 3.55. The Morgan fingerprint density at radius 3 is 2.17 bits per heavy atom. The monoisotopic (exact) mass is 404 g/mol. The number of rotatable bonds is 5. The molecule has 0 saturated heterocycles. The molecule has 8 nitrogen and oxygen atoms in total. The molecule has 150 valence electrons. The lowest BCUT2D eigenvalue weighted by atomic mass is 10.2. The molecule has 4 aromatic rings. The summed E-state index contributed by atoms with van der Waals surface area (Å²) in [5.41, 5.74) is 6.57. The first kappa shape index (κ1) is 18.9. The van der Waals surface area contributed by atoms with E-state index in [1.165, 1.54) is 16.9 Å². The van der Waals surface area contributed by atoms with Crippen molar-refractivity contribution in [3.63, 3.8) is 0 Å². The van der Waals surface area contributed by atoms with Gasteiger partial charge in [-0.15, -0.1) is 0 Å². The van der Waals surface area contributed by atoms with Crippen molar-refractivity contribution in [2.24, 2.45) is 5.73 Å². The van der Waals surface area contributed by atoms with Crippen molar-refractivity contribution in [2.75, 3.05) is 10.6 Å². The molecule has 0 bridgehead atoms. The Hall–Kier alpha value is -4.40. The minimum atomic E-state index is -0.677. The van der Waals surface area contributed by atoms with Gasteiger partial charge < -0.3 is 20.9 Å². The quantitative estimate of drug-likeness (QED) is 0.473. The fourth-order valence-electron chi connectivity index (χ4n) is 3.00. The van der Waals surface area contributed by atoms with Crippen molar-refractivity contribution in [3.05, 3.63) is 90.6 Å². The Morgan fingerprint density at radius 1 is 0.900 bits per heavy atom. The second-order valence-electron chi connectivity index (χ2n) is 6.36. The van der Waals surface area contributed by atoms with Crippen molar-refractivity contribution >= 4 is 23.3 Å². The van der Waals surface area contributed by atoms with Gasteiger partial charge in [0.15, 0.2) is 5.82 Å². The molecule has 0 fully saturated rings. The summed E-state index contributed by atoms with van der Waals surface area (Å²) in [6, 6.07) is 15.6. The van der Waals surface area contributed by atoms with Crippen LogP contribution in [0.5, 0.6) is 0 Å². The standard InChI is InChI=1S/C21H17FN6O2/c22-17-5-1-2-6-18(17)28-20(27-11-3-4-12-27)16(13-24-28)19(29)25-14-7-9-15(10-8-14)26-21(23)30/h1-13H,(H,25,29)(H3,23,26,30). The Balaban J connectivity index is 1.68. The zero-order valence-corrected chi connectivity index (χ0v) is 15.6. The van der Waals surface area contributed by atoms with E-state index in [0.717, 1.165) is 0 Å². The highest BCUT2D eigenvalue weighted by molar-refractivity contribution is 6.06. The lowest BCUT2D eigenvalue weighted by Crippen LogP contribution is -2.19. The largest absolute Gasteiger partial charge is 0.351 e. The van der Waals surface area contributed by atoms with E-state index in [2.05, 4.69) is 15.7 Å². The fraction of sp³-hybridized carbons (Fsp3) is 0. The van der Waals surface area contributed by atoms with E-state index in [-0.39, 0.29) is 11.3 Å². The summed E-state index contributed by atoms with van der Waals surface area (Å²) in [5.74, 6) is -0.481. The number of amides is 3. The first-order valence-electron chi connectivity index (χ1n) is 8.97. The molecule has 4 rings (SSSR count). The highest BCUT2D eigenvalue weighted by atomic mass is 19.1. The lowest BCUT2D eigenvalue weighted by molar-refractivity contribution is 0.102. The normalized spacial score (nSPS) is 10.6. The van der Waals surface area contributed by atoms with E-state index in [1.54, 1.807) is 71.6 Å². The minimum absolute atomic E-state index is 0.224. The molecular weight excluding hydrogens is 387 g/mol. The van der Waals surface area contributed by atoms with Gasteiger partial charge in [0.25, 0.3) is 5.91 Å². The molecule has 2 heterocycles. The lowest BCUT2D eigenvalue weighted by Gasteiger charge is -2.12. The number of primary amides is 1. The number of benzene rings is 2. The average Bonchev–Trinajstić information content (AvgIpc) is 3.39. The summed E-state index contributed by atoms with van der Waals surface area (Å²) in [4.78, 5) is 23.9. The molecule has 0 aliphatic rings. The van der Waals surface area contributed by atoms with E-state index >= 15 is 0 Å². The third-order valence-electron chi connectivity index (χ3n) is 4.33. The number of nitrogens with two attached hydrogens (primary N) is 1. The number of nitrogens with one attached hydrogen (secondary N) is 2. The summed E-state index contributed by atoms with van der Waals surface area (Å²) < 4.78 is 17.4. The molecule has 3 amide bonds. The van der Waals surface area contributed by atoms with Crippen LogP contribution >= 0.6 is 0 Å². The van der Waals surface area contributed by atoms with Gasteiger partial charge in [0.2, 0.25) is 0 Å². The second-order valence-corrected chi connectivity index (χ2v) is 6.36. The Bertz CT molecular complexity index is 1200. The van der Waals surface area contributed by atoms with Gasteiger partial charge in [-0.3, -0.25) is 4.79 Å². The maximum absolute atomic E-state index is 14.4. The average molecular weight is 404 g/mol. The van der Waals surface area contributed by atoms with E-state index < -0.39 is 17.8 Å². The van der Waals surface area contributed by atoms with E-state index in [9.17, 15) is 14.0 Å². The van der Waals surface area contributed by atoms with Gasteiger partial charge in [-0.25, -0.2) is 13.9 Å². The first-order valence-corrected chi connectivity index (χ1v) is 8.97. The van der Waals surface area contributed by atoms with Crippen LogP contribution in [0.25, 0.3) is 11.5 Å². The zero-order chi connectivity index (χ0) is 21.1. The van der Waals surface area contributed by atoms with Crippen LogP contribution in [0.1, 0.15) is 10.4 Å². The minimum Gasteiger partial charge on any atom is -0.351 e. The Labute approximate surface area is 170 Å².